The molecule has 0 saturated carbocycles. The number of halogens is 1. The molecule has 1 fully saturated rings. The summed E-state index contributed by atoms with van der Waals surface area (Å²) in [6.07, 6.45) is 0.995. The smallest absolute Gasteiger partial charge is 0.141 e. The summed E-state index contributed by atoms with van der Waals surface area (Å²) in [5, 5.41) is -0.306. The lowest BCUT2D eigenvalue weighted by molar-refractivity contribution is -0.0718. The minimum Gasteiger partial charge on any atom is -0.360 e. The third-order valence-electron chi connectivity index (χ3n) is 0.952. The van der Waals surface area contributed by atoms with Crippen LogP contribution in [-0.2, 0) is 4.74 Å². The molecular formula is C4H7ClO. The molecule has 1 unspecified atom stereocenters. The van der Waals surface area contributed by atoms with E-state index in [1.165, 1.54) is 0 Å². The molecule has 0 aromatic carbocycles. The van der Waals surface area contributed by atoms with Gasteiger partial charge in [0.25, 0.3) is 0 Å². The van der Waals surface area contributed by atoms with E-state index in [0.29, 0.717) is 0 Å². The van der Waals surface area contributed by atoms with Crippen molar-refractivity contribution in [2.45, 2.75) is 18.4 Å². The zero-order valence-electron chi connectivity index (χ0n) is 3.70. The molecule has 6 heavy (non-hydrogen) atoms. The Morgan fingerprint density at radius 2 is 2.17 bits per heavy atom. The van der Waals surface area contributed by atoms with Gasteiger partial charge in [0, 0.05) is 6.42 Å². The first-order chi connectivity index (χ1) is 2.71. The minimum atomic E-state index is -0.306. The van der Waals surface area contributed by atoms with Gasteiger partial charge in [-0.2, -0.15) is 0 Å². The van der Waals surface area contributed by atoms with E-state index in [9.17, 15) is 0 Å². The van der Waals surface area contributed by atoms with Crippen LogP contribution >= 0.6 is 11.6 Å². The number of hydrogen-bond donors (Lipinski definition) is 0. The first-order valence-electron chi connectivity index (χ1n) is 2.04. The normalized spacial score (nSPS) is 45.0. The molecule has 1 aliphatic rings. The summed E-state index contributed by atoms with van der Waals surface area (Å²) in [5.74, 6) is 0. The van der Waals surface area contributed by atoms with E-state index in [0.717, 1.165) is 13.0 Å². The molecule has 0 spiro atoms. The Labute approximate surface area is 42.2 Å². The van der Waals surface area contributed by atoms with Crippen molar-refractivity contribution in [2.24, 2.45) is 0 Å². The zero-order chi connectivity index (χ0) is 4.62. The fourth-order valence-electron chi connectivity index (χ4n) is 0.383. The second-order valence-electron chi connectivity index (χ2n) is 1.70. The Kier molecular flexibility index (Phi) is 0.815. The quantitative estimate of drug-likeness (QED) is 0.424. The van der Waals surface area contributed by atoms with Gasteiger partial charge in [-0.05, 0) is 6.92 Å². The van der Waals surface area contributed by atoms with Crippen LogP contribution in [0, 0.1) is 0 Å². The first kappa shape index (κ1) is 4.41. The Bertz CT molecular complexity index is 54.6. The highest BCUT2D eigenvalue weighted by Crippen LogP contribution is 2.29. The SMILES string of the molecule is CC1(Cl)CCO1. The van der Waals surface area contributed by atoms with Crippen molar-refractivity contribution >= 4 is 11.6 Å². The van der Waals surface area contributed by atoms with Crippen LogP contribution in [0.5, 0.6) is 0 Å². The van der Waals surface area contributed by atoms with Gasteiger partial charge in [0.1, 0.15) is 5.06 Å². The largest absolute Gasteiger partial charge is 0.360 e. The molecule has 1 heterocycles. The zero-order valence-corrected chi connectivity index (χ0v) is 4.46. The molecular weight excluding hydrogens is 99.5 g/mol. The molecule has 0 aromatic rings. The highest BCUT2D eigenvalue weighted by Gasteiger charge is 2.29. The molecule has 1 nitrogen and oxygen atoms in total. The highest BCUT2D eigenvalue weighted by atomic mass is 35.5. The number of ether oxygens (including phenoxy) is 1. The van der Waals surface area contributed by atoms with Gasteiger partial charge in [0.2, 0.25) is 0 Å². The molecule has 1 atom stereocenters. The predicted octanol–water partition coefficient (Wildman–Crippen LogP) is 1.36. The molecule has 0 aliphatic carbocycles. The molecule has 0 aromatic heterocycles. The van der Waals surface area contributed by atoms with Crippen molar-refractivity contribution in [3.63, 3.8) is 0 Å². The van der Waals surface area contributed by atoms with Gasteiger partial charge in [-0.3, -0.25) is 0 Å². The van der Waals surface area contributed by atoms with Crippen LogP contribution in [0.2, 0.25) is 0 Å². The van der Waals surface area contributed by atoms with Gasteiger partial charge < -0.3 is 4.74 Å². The third kappa shape index (κ3) is 0.660. The van der Waals surface area contributed by atoms with Crippen molar-refractivity contribution in [1.29, 1.82) is 0 Å². The number of rotatable bonds is 0. The lowest BCUT2D eigenvalue weighted by Crippen LogP contribution is -2.33. The minimum absolute atomic E-state index is 0.306. The topological polar surface area (TPSA) is 9.23 Å². The van der Waals surface area contributed by atoms with Crippen molar-refractivity contribution in [1.82, 2.24) is 0 Å². The Morgan fingerprint density at radius 1 is 1.83 bits per heavy atom. The van der Waals surface area contributed by atoms with Crippen molar-refractivity contribution in [3.05, 3.63) is 0 Å². The molecule has 0 amide bonds. The predicted molar refractivity (Wildman–Crippen MR) is 24.8 cm³/mol. The average molecular weight is 107 g/mol. The standard InChI is InChI=1S/C4H7ClO/c1-4(5)2-3-6-4/h2-3H2,1H3. The molecule has 0 radical (unpaired) electrons. The Balaban J connectivity index is 2.31. The van der Waals surface area contributed by atoms with Crippen LogP contribution in [0.1, 0.15) is 13.3 Å². The maximum absolute atomic E-state index is 5.58. The summed E-state index contributed by atoms with van der Waals surface area (Å²) in [6, 6.07) is 0. The summed E-state index contributed by atoms with van der Waals surface area (Å²) in [5.41, 5.74) is 0. The van der Waals surface area contributed by atoms with E-state index in [1.54, 1.807) is 0 Å². The van der Waals surface area contributed by atoms with E-state index in [2.05, 4.69) is 0 Å². The maximum Gasteiger partial charge on any atom is 0.141 e. The van der Waals surface area contributed by atoms with Gasteiger partial charge in [-0.1, -0.05) is 11.6 Å². The summed E-state index contributed by atoms with van der Waals surface area (Å²) < 4.78 is 4.88. The second-order valence-corrected chi connectivity index (χ2v) is 2.50. The van der Waals surface area contributed by atoms with Gasteiger partial charge in [0.15, 0.2) is 0 Å². The lowest BCUT2D eigenvalue weighted by Gasteiger charge is -2.31. The van der Waals surface area contributed by atoms with Gasteiger partial charge >= 0.3 is 0 Å². The summed E-state index contributed by atoms with van der Waals surface area (Å²) >= 11 is 5.58. The third-order valence-corrected chi connectivity index (χ3v) is 1.25. The highest BCUT2D eigenvalue weighted by molar-refractivity contribution is 6.23. The summed E-state index contributed by atoms with van der Waals surface area (Å²) in [6.45, 7) is 2.71. The van der Waals surface area contributed by atoms with E-state index < -0.39 is 0 Å². The summed E-state index contributed by atoms with van der Waals surface area (Å²) in [4.78, 5) is 0. The van der Waals surface area contributed by atoms with Gasteiger partial charge in [-0.15, -0.1) is 0 Å². The van der Waals surface area contributed by atoms with E-state index >= 15 is 0 Å². The molecule has 1 saturated heterocycles. The second kappa shape index (κ2) is 1.11. The molecule has 0 bridgehead atoms. The molecule has 36 valence electrons. The Hall–Kier alpha value is 0.250. The molecule has 1 rings (SSSR count). The number of alkyl halides is 1. The van der Waals surface area contributed by atoms with E-state index in [1.807, 2.05) is 6.92 Å². The van der Waals surface area contributed by atoms with Gasteiger partial charge in [0.05, 0.1) is 6.61 Å². The van der Waals surface area contributed by atoms with Crippen LogP contribution in [0.3, 0.4) is 0 Å². The Morgan fingerprint density at radius 3 is 2.17 bits per heavy atom. The van der Waals surface area contributed by atoms with Crippen molar-refractivity contribution in [3.8, 4) is 0 Å². The summed E-state index contributed by atoms with van der Waals surface area (Å²) in [7, 11) is 0. The fraction of sp³-hybridized carbons (Fsp3) is 1.00. The van der Waals surface area contributed by atoms with E-state index in [-0.39, 0.29) is 5.06 Å². The van der Waals surface area contributed by atoms with Crippen LogP contribution < -0.4 is 0 Å². The van der Waals surface area contributed by atoms with Crippen LogP contribution in [0.25, 0.3) is 0 Å². The van der Waals surface area contributed by atoms with Crippen LogP contribution in [0.15, 0.2) is 0 Å². The first-order valence-corrected chi connectivity index (χ1v) is 2.41. The monoisotopic (exact) mass is 106 g/mol. The van der Waals surface area contributed by atoms with Crippen LogP contribution in [0.4, 0.5) is 0 Å². The lowest BCUT2D eigenvalue weighted by atomic mass is 10.2. The fourth-order valence-corrected chi connectivity index (χ4v) is 0.538. The van der Waals surface area contributed by atoms with Gasteiger partial charge in [-0.25, -0.2) is 0 Å². The molecule has 1 aliphatic heterocycles. The molecule has 2 heteroatoms. The maximum atomic E-state index is 5.58. The van der Waals surface area contributed by atoms with Crippen molar-refractivity contribution in [2.75, 3.05) is 6.61 Å². The van der Waals surface area contributed by atoms with E-state index in [4.69, 9.17) is 16.3 Å². The van der Waals surface area contributed by atoms with Crippen LogP contribution in [-0.4, -0.2) is 11.7 Å². The average Bonchev–Trinajstić information content (AvgIpc) is 1.32. The molecule has 0 N–H and O–H groups in total. The van der Waals surface area contributed by atoms with Crippen molar-refractivity contribution < 1.29 is 4.74 Å². The number of hydrogen-bond acceptors (Lipinski definition) is 1.